The first-order valence-electron chi connectivity index (χ1n) is 12.3. The molecule has 0 radical (unpaired) electrons. The van der Waals surface area contributed by atoms with E-state index >= 15 is 0 Å². The van der Waals surface area contributed by atoms with Crippen molar-refractivity contribution >= 4 is 44.7 Å². The number of pyridine rings is 1. The summed E-state index contributed by atoms with van der Waals surface area (Å²) in [7, 11) is 0. The van der Waals surface area contributed by atoms with E-state index in [1.54, 1.807) is 23.7 Å². The number of rotatable bonds is 7. The molecule has 0 aliphatic carbocycles. The molecule has 1 saturated heterocycles. The molecule has 6 rings (SSSR count). The molecule has 0 saturated carbocycles. The molecule has 2 aliphatic heterocycles. The minimum atomic E-state index is -0.127. The molecule has 10 heteroatoms. The molecule has 3 N–H and O–H groups in total. The second kappa shape index (κ2) is 9.70. The summed E-state index contributed by atoms with van der Waals surface area (Å²) < 4.78 is 7.33. The fraction of sp³-hybridized carbons (Fsp3) is 0.259. The molecule has 1 aromatic carbocycles. The number of hydrogen-bond donors (Lipinski definition) is 3. The van der Waals surface area contributed by atoms with Crippen LogP contribution in [0, 0.1) is 0 Å². The molecule has 2 aliphatic rings. The monoisotopic (exact) mass is 514 g/mol. The van der Waals surface area contributed by atoms with Crippen molar-refractivity contribution in [3.8, 4) is 17.0 Å². The van der Waals surface area contributed by atoms with E-state index in [9.17, 15) is 9.59 Å². The van der Waals surface area contributed by atoms with Crippen molar-refractivity contribution < 1.29 is 14.3 Å². The van der Waals surface area contributed by atoms with Gasteiger partial charge in [-0.25, -0.2) is 4.98 Å². The molecule has 4 aromatic rings. The standard InChI is InChI=1S/C27H26N6O3S/c1-2-22(34)33-12-4-5-16(33)14-36-20-13-28-10-8-17(20)24-26(23-18(31-24)9-11-29-27(23)35)32-19-6-3-7-21-25(19)30-15-37-21/h2-3,6-8,10,13,15-16,31-32H,1,4-5,9,11-12,14H2,(H,29,35)/t16-/m1/s1. The van der Waals surface area contributed by atoms with Gasteiger partial charge in [0.1, 0.15) is 17.9 Å². The lowest BCUT2D eigenvalue weighted by Crippen LogP contribution is -2.38. The maximum Gasteiger partial charge on any atom is 0.255 e. The first kappa shape index (κ1) is 23.2. The summed E-state index contributed by atoms with van der Waals surface area (Å²) in [5.74, 6) is 0.371. The van der Waals surface area contributed by atoms with E-state index in [1.807, 2.05) is 34.7 Å². The van der Waals surface area contributed by atoms with Gasteiger partial charge in [-0.1, -0.05) is 12.6 Å². The van der Waals surface area contributed by atoms with Crippen LogP contribution >= 0.6 is 11.3 Å². The van der Waals surface area contributed by atoms with Gasteiger partial charge in [0.05, 0.1) is 45.1 Å². The molecule has 9 nitrogen and oxygen atoms in total. The fourth-order valence-corrected chi connectivity index (χ4v) is 5.84. The van der Waals surface area contributed by atoms with Gasteiger partial charge in [0.2, 0.25) is 5.91 Å². The molecule has 5 heterocycles. The van der Waals surface area contributed by atoms with Gasteiger partial charge >= 0.3 is 0 Å². The summed E-state index contributed by atoms with van der Waals surface area (Å²) >= 11 is 1.57. The van der Waals surface area contributed by atoms with E-state index in [1.165, 1.54) is 6.08 Å². The predicted molar refractivity (Wildman–Crippen MR) is 143 cm³/mol. The van der Waals surface area contributed by atoms with Crippen molar-refractivity contribution in [3.63, 3.8) is 0 Å². The lowest BCUT2D eigenvalue weighted by molar-refractivity contribution is -0.127. The lowest BCUT2D eigenvalue weighted by Gasteiger charge is -2.24. The molecular weight excluding hydrogens is 488 g/mol. The van der Waals surface area contributed by atoms with E-state index in [0.29, 0.717) is 43.1 Å². The van der Waals surface area contributed by atoms with Crippen LogP contribution in [0.1, 0.15) is 28.9 Å². The topological polar surface area (TPSA) is 112 Å². The van der Waals surface area contributed by atoms with Gasteiger partial charge in [-0.2, -0.15) is 0 Å². The number of benzene rings is 1. The minimum Gasteiger partial charge on any atom is -0.489 e. The Morgan fingerprint density at radius 1 is 1.35 bits per heavy atom. The molecule has 1 fully saturated rings. The number of fused-ring (bicyclic) bond motifs is 2. The largest absolute Gasteiger partial charge is 0.489 e. The Bertz CT molecular complexity index is 1510. The third kappa shape index (κ3) is 4.23. The maximum absolute atomic E-state index is 13.0. The second-order valence-electron chi connectivity index (χ2n) is 9.08. The molecule has 0 unspecified atom stereocenters. The summed E-state index contributed by atoms with van der Waals surface area (Å²) in [6, 6.07) is 7.81. The van der Waals surface area contributed by atoms with Crippen LogP contribution in [0.25, 0.3) is 21.5 Å². The smallest absolute Gasteiger partial charge is 0.255 e. The van der Waals surface area contributed by atoms with Gasteiger partial charge in [-0.05, 0) is 37.1 Å². The number of nitrogens with zero attached hydrogens (tertiary/aromatic N) is 3. The van der Waals surface area contributed by atoms with Crippen LogP contribution in [0.5, 0.6) is 5.75 Å². The van der Waals surface area contributed by atoms with Crippen LogP contribution in [-0.4, -0.2) is 57.4 Å². The van der Waals surface area contributed by atoms with Gasteiger partial charge < -0.3 is 25.3 Å². The van der Waals surface area contributed by atoms with E-state index in [4.69, 9.17) is 4.74 Å². The lowest BCUT2D eigenvalue weighted by atomic mass is 10.0. The number of anilines is 2. The zero-order valence-electron chi connectivity index (χ0n) is 20.1. The minimum absolute atomic E-state index is 0.0268. The van der Waals surface area contributed by atoms with Crippen LogP contribution in [-0.2, 0) is 11.2 Å². The van der Waals surface area contributed by atoms with Crippen molar-refractivity contribution in [3.05, 3.63) is 66.1 Å². The molecule has 0 spiro atoms. The first-order valence-corrected chi connectivity index (χ1v) is 13.1. The van der Waals surface area contributed by atoms with E-state index in [-0.39, 0.29) is 17.9 Å². The summed E-state index contributed by atoms with van der Waals surface area (Å²) in [6.07, 6.45) is 7.23. The quantitative estimate of drug-likeness (QED) is 0.318. The molecular formula is C27H26N6O3S. The van der Waals surface area contributed by atoms with Crippen LogP contribution < -0.4 is 15.4 Å². The number of thiazole rings is 1. The SMILES string of the molecule is C=CC(=O)N1CCC[C@@H]1COc1cnccc1-c1[nH]c2c(c1Nc1cccc3scnc13)C(=O)NCC2. The zero-order valence-corrected chi connectivity index (χ0v) is 20.9. The molecule has 188 valence electrons. The maximum atomic E-state index is 13.0. The highest BCUT2D eigenvalue weighted by atomic mass is 32.1. The van der Waals surface area contributed by atoms with Gasteiger partial charge in [-0.15, -0.1) is 11.3 Å². The fourth-order valence-electron chi connectivity index (χ4n) is 5.13. The van der Waals surface area contributed by atoms with E-state index in [0.717, 1.165) is 45.7 Å². The molecule has 2 amide bonds. The Balaban J connectivity index is 1.38. The third-order valence-electron chi connectivity index (χ3n) is 6.91. The number of para-hydroxylation sites is 1. The average molecular weight is 515 g/mol. The summed E-state index contributed by atoms with van der Waals surface area (Å²) in [6.45, 7) is 5.24. The second-order valence-corrected chi connectivity index (χ2v) is 9.97. The van der Waals surface area contributed by atoms with Gasteiger partial charge in [0.15, 0.2) is 0 Å². The van der Waals surface area contributed by atoms with E-state index in [2.05, 4.69) is 32.2 Å². The van der Waals surface area contributed by atoms with Crippen molar-refractivity contribution in [1.29, 1.82) is 0 Å². The van der Waals surface area contributed by atoms with Crippen LogP contribution in [0.3, 0.4) is 0 Å². The predicted octanol–water partition coefficient (Wildman–Crippen LogP) is 4.27. The average Bonchev–Trinajstić information content (AvgIpc) is 3.67. The van der Waals surface area contributed by atoms with Gasteiger partial charge in [0.25, 0.3) is 5.91 Å². The summed E-state index contributed by atoms with van der Waals surface area (Å²) in [5, 5.41) is 6.46. The highest BCUT2D eigenvalue weighted by molar-refractivity contribution is 7.16. The van der Waals surface area contributed by atoms with Crippen molar-refractivity contribution in [2.75, 3.05) is 25.0 Å². The number of carbonyl (C=O) groups excluding carboxylic acids is 2. The van der Waals surface area contributed by atoms with Crippen LogP contribution in [0.15, 0.2) is 54.8 Å². The van der Waals surface area contributed by atoms with Gasteiger partial charge in [-0.3, -0.25) is 14.6 Å². The van der Waals surface area contributed by atoms with Crippen molar-refractivity contribution in [1.82, 2.24) is 25.2 Å². The number of nitrogens with one attached hydrogen (secondary N) is 3. The number of ether oxygens (including phenoxy) is 1. The third-order valence-corrected chi connectivity index (χ3v) is 7.70. The Kier molecular flexibility index (Phi) is 6.09. The van der Waals surface area contributed by atoms with Crippen molar-refractivity contribution in [2.24, 2.45) is 0 Å². The Labute approximate surface area is 217 Å². The molecule has 37 heavy (non-hydrogen) atoms. The van der Waals surface area contributed by atoms with Crippen molar-refractivity contribution in [2.45, 2.75) is 25.3 Å². The van der Waals surface area contributed by atoms with Gasteiger partial charge in [0, 0.05) is 37.0 Å². The number of amides is 2. The Hall–Kier alpha value is -4.18. The number of likely N-dealkylation sites (tertiary alicyclic amines) is 1. The number of carbonyl (C=O) groups is 2. The number of H-pyrrole nitrogens is 1. The Morgan fingerprint density at radius 3 is 3.16 bits per heavy atom. The number of aromatic amines is 1. The van der Waals surface area contributed by atoms with Crippen LogP contribution in [0.4, 0.5) is 11.4 Å². The first-order chi connectivity index (χ1) is 18.1. The molecule has 0 bridgehead atoms. The summed E-state index contributed by atoms with van der Waals surface area (Å²) in [4.78, 5) is 39.3. The Morgan fingerprint density at radius 2 is 2.27 bits per heavy atom. The highest BCUT2D eigenvalue weighted by Crippen LogP contribution is 2.41. The highest BCUT2D eigenvalue weighted by Gasteiger charge is 2.30. The zero-order chi connectivity index (χ0) is 25.4. The van der Waals surface area contributed by atoms with E-state index < -0.39 is 0 Å². The molecule has 3 aromatic heterocycles. The summed E-state index contributed by atoms with van der Waals surface area (Å²) in [5.41, 5.74) is 7.15. The normalized spacial score (nSPS) is 16.9. The molecule has 1 atom stereocenters. The van der Waals surface area contributed by atoms with Crippen LogP contribution in [0.2, 0.25) is 0 Å². The number of hydrogen-bond acceptors (Lipinski definition) is 7. The number of aromatic nitrogens is 3.